The van der Waals surface area contributed by atoms with Gasteiger partial charge in [-0.1, -0.05) is 31.4 Å². The number of carbonyl (C=O) groups is 1. The largest absolute Gasteiger partial charge is 0.479 e. The fourth-order valence-corrected chi connectivity index (χ4v) is 4.40. The third-order valence-corrected chi connectivity index (χ3v) is 6.12. The van der Waals surface area contributed by atoms with E-state index in [0.717, 1.165) is 37.7 Å². The third kappa shape index (κ3) is 5.67. The highest BCUT2D eigenvalue weighted by Crippen LogP contribution is 2.40. The lowest BCUT2D eigenvalue weighted by Gasteiger charge is -2.40. The number of carboxylic acid groups (broad SMARTS) is 1. The number of hydrogen-bond acceptors (Lipinski definition) is 8. The van der Waals surface area contributed by atoms with E-state index in [0.29, 0.717) is 12.3 Å². The zero-order chi connectivity index (χ0) is 21.9. The summed E-state index contributed by atoms with van der Waals surface area (Å²) in [5, 5.41) is 53.2. The van der Waals surface area contributed by atoms with Gasteiger partial charge in [-0.2, -0.15) is 0 Å². The van der Waals surface area contributed by atoms with E-state index in [2.05, 4.69) is 5.32 Å². The SMILES string of the molecule is CNCC(c1ccc(OC2OC(C(=O)O)C(O)C(O)C2O)cc1)C1(O)CCCCC1.Cl. The van der Waals surface area contributed by atoms with Crippen LogP contribution in [0.3, 0.4) is 0 Å². The van der Waals surface area contributed by atoms with E-state index < -0.39 is 42.3 Å². The minimum absolute atomic E-state index is 0. The van der Waals surface area contributed by atoms with Gasteiger partial charge in [-0.3, -0.25) is 0 Å². The van der Waals surface area contributed by atoms with Crippen LogP contribution in [0.15, 0.2) is 24.3 Å². The predicted molar refractivity (Wildman–Crippen MR) is 113 cm³/mol. The second-order valence-electron chi connectivity index (χ2n) is 8.20. The molecule has 1 aromatic carbocycles. The summed E-state index contributed by atoms with van der Waals surface area (Å²) in [5.41, 5.74) is 0.159. The van der Waals surface area contributed by atoms with Crippen molar-refractivity contribution in [2.24, 2.45) is 0 Å². The molecule has 6 unspecified atom stereocenters. The Hall–Kier alpha value is -1.46. The highest BCUT2D eigenvalue weighted by Gasteiger charge is 2.48. The Kier molecular flexibility index (Phi) is 9.08. The molecular weight excluding hydrogens is 430 g/mol. The summed E-state index contributed by atoms with van der Waals surface area (Å²) in [6.45, 7) is 0.617. The van der Waals surface area contributed by atoms with Gasteiger partial charge >= 0.3 is 5.97 Å². The first-order valence-electron chi connectivity index (χ1n) is 10.3. The van der Waals surface area contributed by atoms with Crippen molar-refractivity contribution < 1.29 is 39.8 Å². The molecule has 0 amide bonds. The van der Waals surface area contributed by atoms with Crippen molar-refractivity contribution in [2.75, 3.05) is 13.6 Å². The number of nitrogens with one attached hydrogen (secondary N) is 1. The van der Waals surface area contributed by atoms with Crippen molar-refractivity contribution in [3.8, 4) is 5.75 Å². The van der Waals surface area contributed by atoms with Crippen LogP contribution in [0.1, 0.15) is 43.6 Å². The molecule has 3 rings (SSSR count). The Balaban J connectivity index is 0.00000341. The molecule has 1 saturated carbocycles. The van der Waals surface area contributed by atoms with E-state index in [4.69, 9.17) is 14.6 Å². The Morgan fingerprint density at radius 1 is 1.13 bits per heavy atom. The molecule has 2 aliphatic rings. The van der Waals surface area contributed by atoms with Crippen LogP contribution in [0, 0.1) is 0 Å². The van der Waals surface area contributed by atoms with Crippen molar-refractivity contribution in [3.63, 3.8) is 0 Å². The van der Waals surface area contributed by atoms with Crippen LogP contribution in [0.2, 0.25) is 0 Å². The number of ether oxygens (including phenoxy) is 2. The molecule has 10 heteroatoms. The van der Waals surface area contributed by atoms with E-state index in [1.165, 1.54) is 0 Å². The highest BCUT2D eigenvalue weighted by molar-refractivity contribution is 5.85. The van der Waals surface area contributed by atoms with E-state index >= 15 is 0 Å². The number of aliphatic hydroxyl groups excluding tert-OH is 3. The van der Waals surface area contributed by atoms with Gasteiger partial charge in [0.05, 0.1) is 5.60 Å². The van der Waals surface area contributed by atoms with Gasteiger partial charge in [-0.25, -0.2) is 4.79 Å². The molecule has 0 radical (unpaired) electrons. The van der Waals surface area contributed by atoms with E-state index in [1.807, 2.05) is 19.2 Å². The first-order chi connectivity index (χ1) is 14.3. The van der Waals surface area contributed by atoms with Gasteiger partial charge in [0.25, 0.3) is 0 Å². The number of benzene rings is 1. The summed E-state index contributed by atoms with van der Waals surface area (Å²) in [6.07, 6.45) is -3.66. The maximum absolute atomic E-state index is 11.2. The molecule has 0 bridgehead atoms. The van der Waals surface area contributed by atoms with Gasteiger partial charge in [-0.15, -0.1) is 12.4 Å². The van der Waals surface area contributed by atoms with Crippen molar-refractivity contribution >= 4 is 18.4 Å². The maximum atomic E-state index is 11.2. The van der Waals surface area contributed by atoms with E-state index in [9.17, 15) is 25.2 Å². The lowest BCUT2D eigenvalue weighted by atomic mass is 9.73. The summed E-state index contributed by atoms with van der Waals surface area (Å²) in [7, 11) is 1.84. The summed E-state index contributed by atoms with van der Waals surface area (Å²) in [5.74, 6) is -1.26. The van der Waals surface area contributed by atoms with Crippen LogP contribution in [0.4, 0.5) is 0 Å². The smallest absolute Gasteiger partial charge is 0.335 e. The first kappa shape index (κ1) is 25.8. The summed E-state index contributed by atoms with van der Waals surface area (Å²) in [4.78, 5) is 11.2. The zero-order valence-electron chi connectivity index (χ0n) is 17.4. The molecule has 1 saturated heterocycles. The molecule has 2 fully saturated rings. The van der Waals surface area contributed by atoms with Crippen LogP contribution in [-0.4, -0.2) is 81.4 Å². The zero-order valence-corrected chi connectivity index (χ0v) is 18.2. The molecule has 176 valence electrons. The molecule has 9 nitrogen and oxygen atoms in total. The Morgan fingerprint density at radius 2 is 1.74 bits per heavy atom. The lowest BCUT2D eigenvalue weighted by Crippen LogP contribution is -2.61. The van der Waals surface area contributed by atoms with Crippen molar-refractivity contribution in [1.29, 1.82) is 0 Å². The van der Waals surface area contributed by atoms with Crippen LogP contribution in [-0.2, 0) is 9.53 Å². The van der Waals surface area contributed by atoms with Gasteiger partial charge in [0, 0.05) is 12.5 Å². The van der Waals surface area contributed by atoms with Gasteiger partial charge in [0.1, 0.15) is 24.1 Å². The average Bonchev–Trinajstić information content (AvgIpc) is 2.73. The minimum atomic E-state index is -1.77. The number of hydrogen-bond donors (Lipinski definition) is 6. The first-order valence-corrected chi connectivity index (χ1v) is 10.3. The molecule has 0 aromatic heterocycles. The number of aliphatic carboxylic acids is 1. The van der Waals surface area contributed by atoms with Crippen LogP contribution in [0.25, 0.3) is 0 Å². The lowest BCUT2D eigenvalue weighted by molar-refractivity contribution is -0.271. The fourth-order valence-electron chi connectivity index (χ4n) is 4.40. The summed E-state index contributed by atoms with van der Waals surface area (Å²) in [6, 6.07) is 6.93. The number of carboxylic acids is 1. The molecule has 0 spiro atoms. The Labute approximate surface area is 187 Å². The topological polar surface area (TPSA) is 149 Å². The summed E-state index contributed by atoms with van der Waals surface area (Å²) < 4.78 is 10.7. The summed E-state index contributed by atoms with van der Waals surface area (Å²) >= 11 is 0. The van der Waals surface area contributed by atoms with E-state index in [-0.39, 0.29) is 18.3 Å². The normalized spacial score (nSPS) is 31.3. The second-order valence-corrected chi connectivity index (χ2v) is 8.20. The van der Waals surface area contributed by atoms with Gasteiger partial charge in [0.2, 0.25) is 6.29 Å². The van der Waals surface area contributed by atoms with Gasteiger partial charge in [0.15, 0.2) is 6.10 Å². The average molecular weight is 462 g/mol. The standard InChI is InChI=1S/C21H31NO8.ClH/c1-22-11-14(21(28)9-3-2-4-10-21)12-5-7-13(8-6-12)29-20-17(25)15(23)16(24)18(30-20)19(26)27;/h5-8,14-18,20,22-25,28H,2-4,9-11H2,1H3,(H,26,27);1H. The molecule has 1 aromatic rings. The minimum Gasteiger partial charge on any atom is -0.479 e. The number of halogens is 1. The fraction of sp³-hybridized carbons (Fsp3) is 0.667. The molecule has 6 N–H and O–H groups in total. The predicted octanol–water partition coefficient (Wildman–Crippen LogP) is 0.378. The van der Waals surface area contributed by atoms with Crippen molar-refractivity contribution in [2.45, 2.75) is 74.3 Å². The van der Waals surface area contributed by atoms with E-state index in [1.54, 1.807) is 12.1 Å². The van der Waals surface area contributed by atoms with Gasteiger partial charge in [-0.05, 0) is 37.6 Å². The molecule has 31 heavy (non-hydrogen) atoms. The highest BCUT2D eigenvalue weighted by atomic mass is 35.5. The van der Waals surface area contributed by atoms with Crippen LogP contribution < -0.4 is 10.1 Å². The Morgan fingerprint density at radius 3 is 2.29 bits per heavy atom. The quantitative estimate of drug-likeness (QED) is 0.339. The third-order valence-electron chi connectivity index (χ3n) is 6.12. The maximum Gasteiger partial charge on any atom is 0.335 e. The van der Waals surface area contributed by atoms with Gasteiger partial charge < -0.3 is 40.3 Å². The number of rotatable bonds is 7. The van der Waals surface area contributed by atoms with Crippen LogP contribution >= 0.6 is 12.4 Å². The number of likely N-dealkylation sites (N-methyl/N-ethyl adjacent to an activating group) is 1. The molecular formula is C21H32ClNO8. The molecule has 1 aliphatic carbocycles. The molecule has 1 aliphatic heterocycles. The van der Waals surface area contributed by atoms with Crippen molar-refractivity contribution in [3.05, 3.63) is 29.8 Å². The Bertz CT molecular complexity index is 712. The second kappa shape index (κ2) is 10.9. The number of aliphatic hydroxyl groups is 4. The molecule has 1 heterocycles. The van der Waals surface area contributed by atoms with Crippen molar-refractivity contribution in [1.82, 2.24) is 5.32 Å². The van der Waals surface area contributed by atoms with Crippen LogP contribution in [0.5, 0.6) is 5.75 Å². The molecule has 6 atom stereocenters. The monoisotopic (exact) mass is 461 g/mol.